The van der Waals surface area contributed by atoms with E-state index in [1.807, 2.05) is 30.3 Å². The van der Waals surface area contributed by atoms with Crippen molar-refractivity contribution in [2.75, 3.05) is 12.4 Å². The van der Waals surface area contributed by atoms with Gasteiger partial charge in [0.2, 0.25) is 0 Å². The number of aromatic carboxylic acids is 1. The zero-order valence-electron chi connectivity index (χ0n) is 14.8. The van der Waals surface area contributed by atoms with Crippen LogP contribution < -0.4 is 4.74 Å². The Balaban J connectivity index is 1.77. The Hall–Kier alpha value is -3.32. The smallest absolute Gasteiger partial charge is 0.339 e. The van der Waals surface area contributed by atoms with Crippen LogP contribution in [0.5, 0.6) is 11.5 Å². The Morgan fingerprint density at radius 2 is 1.61 bits per heavy atom. The summed E-state index contributed by atoms with van der Waals surface area (Å²) in [4.78, 5) is 11.3. The van der Waals surface area contributed by atoms with E-state index in [4.69, 9.17) is 9.84 Å². The number of carboxylic acids is 1. The number of phenols is 1. The van der Waals surface area contributed by atoms with Crippen molar-refractivity contribution in [3.8, 4) is 22.6 Å². The fourth-order valence-corrected chi connectivity index (χ4v) is 4.08. The summed E-state index contributed by atoms with van der Waals surface area (Å²) >= 11 is 0. The molecule has 3 aromatic carbocycles. The number of rotatable bonds is 7. The molecule has 0 atom stereocenters. The van der Waals surface area contributed by atoms with Crippen molar-refractivity contribution < 1.29 is 28.2 Å². The lowest BCUT2D eigenvalue weighted by molar-refractivity contribution is 0.0693. The van der Waals surface area contributed by atoms with Gasteiger partial charge in [0.25, 0.3) is 0 Å². The van der Waals surface area contributed by atoms with Crippen molar-refractivity contribution in [2.45, 2.75) is 4.90 Å². The monoisotopic (exact) mass is 398 g/mol. The first kappa shape index (κ1) is 19.4. The van der Waals surface area contributed by atoms with Crippen molar-refractivity contribution >= 4 is 15.8 Å². The molecule has 28 heavy (non-hydrogen) atoms. The third kappa shape index (κ3) is 4.32. The first-order valence-electron chi connectivity index (χ1n) is 8.45. The molecule has 0 spiro atoms. The lowest BCUT2D eigenvalue weighted by Crippen LogP contribution is -2.15. The van der Waals surface area contributed by atoms with Crippen LogP contribution in [-0.4, -0.2) is 37.0 Å². The summed E-state index contributed by atoms with van der Waals surface area (Å²) in [6.07, 6.45) is 0. The molecule has 0 saturated carbocycles. The summed E-state index contributed by atoms with van der Waals surface area (Å²) in [6.45, 7) is -0.157. The SMILES string of the molecule is O=C(O)c1cc(OCCS(=O)(=O)c2ccccc2-c2ccccc2)ccc1O. The first-order chi connectivity index (χ1) is 13.4. The van der Waals surface area contributed by atoms with Crippen LogP contribution in [0.2, 0.25) is 0 Å². The molecule has 0 aromatic heterocycles. The molecule has 0 aliphatic heterocycles. The number of carbonyl (C=O) groups is 1. The van der Waals surface area contributed by atoms with Gasteiger partial charge in [0.15, 0.2) is 9.84 Å². The zero-order valence-corrected chi connectivity index (χ0v) is 15.6. The van der Waals surface area contributed by atoms with Gasteiger partial charge in [-0.2, -0.15) is 0 Å². The van der Waals surface area contributed by atoms with Gasteiger partial charge >= 0.3 is 5.97 Å². The average molecular weight is 398 g/mol. The second kappa shape index (κ2) is 8.14. The minimum atomic E-state index is -3.63. The predicted octanol–water partition coefficient (Wildman–Crippen LogP) is 3.61. The number of hydrogen-bond donors (Lipinski definition) is 2. The van der Waals surface area contributed by atoms with E-state index in [1.54, 1.807) is 24.3 Å². The highest BCUT2D eigenvalue weighted by Gasteiger charge is 2.19. The number of sulfone groups is 1. The van der Waals surface area contributed by atoms with Crippen LogP contribution >= 0.6 is 0 Å². The van der Waals surface area contributed by atoms with Crippen molar-refractivity contribution in [3.05, 3.63) is 78.4 Å². The summed E-state index contributed by atoms with van der Waals surface area (Å²) < 4.78 is 31.1. The van der Waals surface area contributed by atoms with Gasteiger partial charge in [0, 0.05) is 5.56 Å². The molecule has 0 amide bonds. The molecular weight excluding hydrogens is 380 g/mol. The van der Waals surface area contributed by atoms with E-state index in [0.29, 0.717) is 5.56 Å². The molecule has 0 bridgehead atoms. The topological polar surface area (TPSA) is 101 Å². The van der Waals surface area contributed by atoms with Gasteiger partial charge in [-0.1, -0.05) is 48.5 Å². The van der Waals surface area contributed by atoms with Gasteiger partial charge in [0.05, 0.1) is 10.6 Å². The van der Waals surface area contributed by atoms with Crippen LogP contribution in [0.4, 0.5) is 0 Å². The first-order valence-corrected chi connectivity index (χ1v) is 10.1. The molecule has 0 aliphatic rings. The molecule has 0 radical (unpaired) electrons. The molecular formula is C21H18O6S. The molecule has 0 fully saturated rings. The van der Waals surface area contributed by atoms with Gasteiger partial charge in [-0.05, 0) is 29.8 Å². The maximum absolute atomic E-state index is 12.8. The summed E-state index contributed by atoms with van der Waals surface area (Å²) in [5.74, 6) is -1.79. The van der Waals surface area contributed by atoms with Crippen molar-refractivity contribution in [1.82, 2.24) is 0 Å². The van der Waals surface area contributed by atoms with Crippen molar-refractivity contribution in [1.29, 1.82) is 0 Å². The molecule has 144 valence electrons. The van der Waals surface area contributed by atoms with E-state index in [2.05, 4.69) is 0 Å². The molecule has 3 rings (SSSR count). The van der Waals surface area contributed by atoms with E-state index < -0.39 is 15.8 Å². The average Bonchev–Trinajstić information content (AvgIpc) is 2.69. The second-order valence-corrected chi connectivity index (χ2v) is 8.09. The summed E-state index contributed by atoms with van der Waals surface area (Å²) in [5.41, 5.74) is 1.10. The predicted molar refractivity (Wildman–Crippen MR) is 104 cm³/mol. The van der Waals surface area contributed by atoms with E-state index >= 15 is 0 Å². The Bertz CT molecular complexity index is 1090. The molecule has 0 unspecified atom stereocenters. The maximum Gasteiger partial charge on any atom is 0.339 e. The standard InChI is InChI=1S/C21H18O6S/c22-19-11-10-16(14-18(19)21(23)24)27-12-13-28(25,26)20-9-5-4-8-17(20)15-6-2-1-3-7-15/h1-11,14,22H,12-13H2,(H,23,24). The van der Waals surface area contributed by atoms with E-state index in [1.165, 1.54) is 12.1 Å². The highest BCUT2D eigenvalue weighted by Crippen LogP contribution is 2.28. The van der Waals surface area contributed by atoms with E-state index in [-0.39, 0.29) is 34.3 Å². The van der Waals surface area contributed by atoms with Crippen LogP contribution in [0.1, 0.15) is 10.4 Å². The van der Waals surface area contributed by atoms with Crippen molar-refractivity contribution in [3.63, 3.8) is 0 Å². The Labute approximate surface area is 162 Å². The van der Waals surface area contributed by atoms with Crippen LogP contribution in [0.25, 0.3) is 11.1 Å². The maximum atomic E-state index is 12.8. The van der Waals surface area contributed by atoms with Gasteiger partial charge in [-0.15, -0.1) is 0 Å². The summed E-state index contributed by atoms with van der Waals surface area (Å²) in [5, 5.41) is 18.5. The molecule has 0 saturated heterocycles. The van der Waals surface area contributed by atoms with Crippen molar-refractivity contribution in [2.24, 2.45) is 0 Å². The normalized spacial score (nSPS) is 11.1. The minimum absolute atomic E-state index is 0.157. The van der Waals surface area contributed by atoms with Crippen LogP contribution in [0.3, 0.4) is 0 Å². The molecule has 0 aliphatic carbocycles. The van der Waals surface area contributed by atoms with Gasteiger partial charge in [-0.3, -0.25) is 0 Å². The minimum Gasteiger partial charge on any atom is -0.507 e. The third-order valence-corrected chi connectivity index (χ3v) is 5.86. The highest BCUT2D eigenvalue weighted by molar-refractivity contribution is 7.91. The fourth-order valence-electron chi connectivity index (χ4n) is 2.75. The zero-order chi connectivity index (χ0) is 20.1. The second-order valence-electron chi connectivity index (χ2n) is 6.01. The Kier molecular flexibility index (Phi) is 5.65. The number of carboxylic acid groups (broad SMARTS) is 1. The fraction of sp³-hybridized carbons (Fsp3) is 0.0952. The largest absolute Gasteiger partial charge is 0.507 e. The lowest BCUT2D eigenvalue weighted by atomic mass is 10.1. The summed E-state index contributed by atoms with van der Waals surface area (Å²) in [6, 6.07) is 19.7. The number of ether oxygens (including phenoxy) is 1. The number of hydrogen-bond acceptors (Lipinski definition) is 5. The summed E-state index contributed by atoms with van der Waals surface area (Å²) in [7, 11) is -3.63. The Morgan fingerprint density at radius 1 is 0.929 bits per heavy atom. The molecule has 0 heterocycles. The third-order valence-electron chi connectivity index (χ3n) is 4.13. The van der Waals surface area contributed by atoms with Gasteiger partial charge in [0.1, 0.15) is 23.7 Å². The molecule has 2 N–H and O–H groups in total. The van der Waals surface area contributed by atoms with E-state index in [9.17, 15) is 18.3 Å². The van der Waals surface area contributed by atoms with Gasteiger partial charge in [-0.25, -0.2) is 13.2 Å². The highest BCUT2D eigenvalue weighted by atomic mass is 32.2. The number of aromatic hydroxyl groups is 1. The Morgan fingerprint density at radius 3 is 2.32 bits per heavy atom. The van der Waals surface area contributed by atoms with Gasteiger partial charge < -0.3 is 14.9 Å². The molecule has 6 nitrogen and oxygen atoms in total. The van der Waals surface area contributed by atoms with Crippen LogP contribution in [-0.2, 0) is 9.84 Å². The van der Waals surface area contributed by atoms with E-state index in [0.717, 1.165) is 11.6 Å². The quantitative estimate of drug-likeness (QED) is 0.631. The molecule has 3 aromatic rings. The molecule has 7 heteroatoms. The van der Waals surface area contributed by atoms with Crippen LogP contribution in [0.15, 0.2) is 77.7 Å². The number of benzene rings is 3. The van der Waals surface area contributed by atoms with Crippen LogP contribution in [0, 0.1) is 0 Å². The lowest BCUT2D eigenvalue weighted by Gasteiger charge is -2.12.